The van der Waals surface area contributed by atoms with Gasteiger partial charge in [0, 0.05) is 17.4 Å². The molecule has 130 valence electrons. The van der Waals surface area contributed by atoms with Crippen molar-refractivity contribution in [3.63, 3.8) is 0 Å². The molecule has 24 heavy (non-hydrogen) atoms. The van der Waals surface area contributed by atoms with Gasteiger partial charge in [0.15, 0.2) is 0 Å². The first-order valence-electron chi connectivity index (χ1n) is 8.08. The van der Waals surface area contributed by atoms with E-state index in [-0.39, 0.29) is 18.6 Å². The van der Waals surface area contributed by atoms with E-state index in [0.717, 1.165) is 28.4 Å². The molecule has 6 nitrogen and oxygen atoms in total. The molecule has 0 bridgehead atoms. The van der Waals surface area contributed by atoms with Gasteiger partial charge in [0.25, 0.3) is 0 Å². The third kappa shape index (κ3) is 3.15. The van der Waals surface area contributed by atoms with Crippen molar-refractivity contribution >= 4 is 27.9 Å². The first kappa shape index (κ1) is 17.2. The van der Waals surface area contributed by atoms with Crippen LogP contribution in [0.2, 0.25) is 0 Å². The summed E-state index contributed by atoms with van der Waals surface area (Å²) in [5, 5.41) is 9.49. The largest absolute Gasteiger partial charge is 0.453 e. The smallest absolute Gasteiger partial charge is 0.410 e. The van der Waals surface area contributed by atoms with Gasteiger partial charge >= 0.3 is 6.09 Å². The zero-order valence-electron chi connectivity index (χ0n) is 13.6. The number of ether oxygens (including phenoxy) is 1. The SMILES string of the molecule is COC(=O)N1Cc2cc(Br)ccc2CC1C(=O)N1CCC[C@H]1CO. The Morgan fingerprint density at radius 3 is 2.83 bits per heavy atom. The van der Waals surface area contributed by atoms with E-state index in [2.05, 4.69) is 15.9 Å². The highest BCUT2D eigenvalue weighted by Gasteiger charge is 2.40. The van der Waals surface area contributed by atoms with E-state index in [9.17, 15) is 14.7 Å². The quantitative estimate of drug-likeness (QED) is 0.828. The molecule has 1 aromatic rings. The van der Waals surface area contributed by atoms with Gasteiger partial charge in [-0.1, -0.05) is 22.0 Å². The summed E-state index contributed by atoms with van der Waals surface area (Å²) in [5.41, 5.74) is 2.08. The number of nitrogens with zero attached hydrogens (tertiary/aromatic N) is 2. The second-order valence-electron chi connectivity index (χ2n) is 6.24. The van der Waals surface area contributed by atoms with E-state index in [1.807, 2.05) is 18.2 Å². The highest BCUT2D eigenvalue weighted by Crippen LogP contribution is 2.29. The second kappa shape index (κ2) is 7.11. The molecule has 3 rings (SSSR count). The summed E-state index contributed by atoms with van der Waals surface area (Å²) in [5.74, 6) is -0.106. The maximum atomic E-state index is 13.0. The van der Waals surface area contributed by atoms with Crippen LogP contribution in [0.25, 0.3) is 0 Å². The number of carbonyl (C=O) groups is 2. The molecule has 1 saturated heterocycles. The normalized spacial score (nSPS) is 23.1. The summed E-state index contributed by atoms with van der Waals surface area (Å²) in [6.45, 7) is 0.929. The van der Waals surface area contributed by atoms with Crippen LogP contribution < -0.4 is 0 Å². The maximum Gasteiger partial charge on any atom is 0.410 e. The highest BCUT2D eigenvalue weighted by atomic mass is 79.9. The third-order valence-corrected chi connectivity index (χ3v) is 5.36. The Bertz CT molecular complexity index is 651. The van der Waals surface area contributed by atoms with Gasteiger partial charge in [0.2, 0.25) is 5.91 Å². The molecule has 0 spiro atoms. The zero-order valence-corrected chi connectivity index (χ0v) is 15.2. The molecule has 1 N–H and O–H groups in total. The summed E-state index contributed by atoms with van der Waals surface area (Å²) in [6, 6.07) is 5.17. The second-order valence-corrected chi connectivity index (χ2v) is 7.16. The predicted molar refractivity (Wildman–Crippen MR) is 91.4 cm³/mol. The van der Waals surface area contributed by atoms with Gasteiger partial charge in [0.1, 0.15) is 6.04 Å². The van der Waals surface area contributed by atoms with Crippen molar-refractivity contribution in [2.75, 3.05) is 20.3 Å². The van der Waals surface area contributed by atoms with Crippen LogP contribution in [0.1, 0.15) is 24.0 Å². The van der Waals surface area contributed by atoms with Crippen LogP contribution >= 0.6 is 15.9 Å². The number of hydrogen-bond acceptors (Lipinski definition) is 4. The lowest BCUT2D eigenvalue weighted by Crippen LogP contribution is -2.55. The van der Waals surface area contributed by atoms with Crippen LogP contribution in [0.3, 0.4) is 0 Å². The Hall–Kier alpha value is -1.60. The van der Waals surface area contributed by atoms with Gasteiger partial charge in [-0.3, -0.25) is 9.69 Å². The van der Waals surface area contributed by atoms with Crippen LogP contribution in [-0.4, -0.2) is 59.3 Å². The van der Waals surface area contributed by atoms with Gasteiger partial charge < -0.3 is 14.7 Å². The molecular weight excluding hydrogens is 376 g/mol. The molecule has 7 heteroatoms. The molecule has 1 fully saturated rings. The number of halogens is 1. The molecule has 0 aliphatic carbocycles. The van der Waals surface area contributed by atoms with E-state index in [1.165, 1.54) is 12.0 Å². The van der Waals surface area contributed by atoms with E-state index in [0.29, 0.717) is 19.5 Å². The number of aliphatic hydroxyl groups is 1. The number of hydrogen-bond donors (Lipinski definition) is 1. The van der Waals surface area contributed by atoms with Gasteiger partial charge in [-0.05, 0) is 36.1 Å². The molecule has 2 heterocycles. The number of aliphatic hydroxyl groups excluding tert-OH is 1. The van der Waals surface area contributed by atoms with E-state index < -0.39 is 12.1 Å². The number of likely N-dealkylation sites (tertiary alicyclic amines) is 1. The number of amides is 2. The van der Waals surface area contributed by atoms with Crippen LogP contribution in [0.5, 0.6) is 0 Å². The van der Waals surface area contributed by atoms with Crippen molar-refractivity contribution in [2.24, 2.45) is 0 Å². The summed E-state index contributed by atoms with van der Waals surface area (Å²) >= 11 is 3.44. The lowest BCUT2D eigenvalue weighted by molar-refractivity contribution is -0.138. The molecule has 2 amide bonds. The number of methoxy groups -OCH3 is 1. The lowest BCUT2D eigenvalue weighted by atomic mass is 9.93. The molecule has 2 atom stereocenters. The maximum absolute atomic E-state index is 13.0. The van der Waals surface area contributed by atoms with Crippen molar-refractivity contribution in [3.8, 4) is 0 Å². The van der Waals surface area contributed by atoms with Crippen molar-refractivity contribution in [1.82, 2.24) is 9.80 Å². The molecule has 2 aliphatic rings. The number of carbonyl (C=O) groups excluding carboxylic acids is 2. The Balaban J connectivity index is 1.90. The fourth-order valence-electron chi connectivity index (χ4n) is 3.59. The molecule has 2 aliphatic heterocycles. The Morgan fingerprint density at radius 2 is 2.12 bits per heavy atom. The van der Waals surface area contributed by atoms with E-state index >= 15 is 0 Å². The Morgan fingerprint density at radius 1 is 1.33 bits per heavy atom. The molecule has 1 unspecified atom stereocenters. The minimum atomic E-state index is -0.585. The highest BCUT2D eigenvalue weighted by molar-refractivity contribution is 9.10. The first-order chi connectivity index (χ1) is 11.5. The van der Waals surface area contributed by atoms with Crippen molar-refractivity contribution in [1.29, 1.82) is 0 Å². The molecular formula is C17H21BrN2O4. The van der Waals surface area contributed by atoms with Gasteiger partial charge in [-0.25, -0.2) is 4.79 Å². The standard InChI is InChI=1S/C17H21BrN2O4/c1-24-17(23)20-9-12-7-13(18)5-4-11(12)8-15(20)16(22)19-6-2-3-14(19)10-21/h4-5,7,14-15,21H,2-3,6,8-10H2,1H3/t14-,15?/m0/s1. The fraction of sp³-hybridized carbons (Fsp3) is 0.529. The molecule has 1 aromatic carbocycles. The fourth-order valence-corrected chi connectivity index (χ4v) is 4.00. The predicted octanol–water partition coefficient (Wildman–Crippen LogP) is 1.93. The lowest BCUT2D eigenvalue weighted by Gasteiger charge is -2.38. The average molecular weight is 397 g/mol. The molecule has 0 saturated carbocycles. The first-order valence-corrected chi connectivity index (χ1v) is 8.87. The van der Waals surface area contributed by atoms with Crippen molar-refractivity contribution < 1.29 is 19.4 Å². The minimum Gasteiger partial charge on any atom is -0.453 e. The van der Waals surface area contributed by atoms with E-state index in [4.69, 9.17) is 4.74 Å². The van der Waals surface area contributed by atoms with Gasteiger partial charge in [0.05, 0.1) is 26.3 Å². The number of fused-ring (bicyclic) bond motifs is 1. The number of benzene rings is 1. The zero-order chi connectivity index (χ0) is 17.3. The third-order valence-electron chi connectivity index (χ3n) is 4.86. The van der Waals surface area contributed by atoms with Crippen molar-refractivity contribution in [3.05, 3.63) is 33.8 Å². The minimum absolute atomic E-state index is 0.0415. The summed E-state index contributed by atoms with van der Waals surface area (Å²) in [6.07, 6.45) is 1.65. The van der Waals surface area contributed by atoms with Crippen LogP contribution in [0.15, 0.2) is 22.7 Å². The Kier molecular flexibility index (Phi) is 5.10. The van der Waals surface area contributed by atoms with Crippen LogP contribution in [-0.2, 0) is 22.5 Å². The topological polar surface area (TPSA) is 70.1 Å². The summed E-state index contributed by atoms with van der Waals surface area (Å²) in [4.78, 5) is 28.5. The van der Waals surface area contributed by atoms with Gasteiger partial charge in [-0.15, -0.1) is 0 Å². The van der Waals surface area contributed by atoms with Crippen LogP contribution in [0.4, 0.5) is 4.79 Å². The molecule has 0 radical (unpaired) electrons. The monoisotopic (exact) mass is 396 g/mol. The van der Waals surface area contributed by atoms with Crippen LogP contribution in [0, 0.1) is 0 Å². The average Bonchev–Trinajstić information content (AvgIpc) is 3.07. The van der Waals surface area contributed by atoms with Gasteiger partial charge in [-0.2, -0.15) is 0 Å². The summed E-state index contributed by atoms with van der Waals surface area (Å²) < 4.78 is 5.83. The summed E-state index contributed by atoms with van der Waals surface area (Å²) in [7, 11) is 1.33. The van der Waals surface area contributed by atoms with Crippen molar-refractivity contribution in [2.45, 2.75) is 37.9 Å². The Labute approximate surface area is 149 Å². The van der Waals surface area contributed by atoms with E-state index in [1.54, 1.807) is 4.90 Å². The number of rotatable bonds is 2. The molecule has 0 aromatic heterocycles.